The van der Waals surface area contributed by atoms with E-state index in [2.05, 4.69) is 22.4 Å². The fourth-order valence-electron chi connectivity index (χ4n) is 2.83. The molecule has 0 spiro atoms. The van der Waals surface area contributed by atoms with Crippen molar-refractivity contribution >= 4 is 23.5 Å². The van der Waals surface area contributed by atoms with Crippen LogP contribution in [0.3, 0.4) is 0 Å². The number of fused-ring (bicyclic) bond motifs is 1. The number of carbonyl (C=O) groups is 1. The zero-order valence-corrected chi connectivity index (χ0v) is 15.7. The molecule has 3 rings (SSSR count). The highest BCUT2D eigenvalue weighted by molar-refractivity contribution is 8.01. The predicted molar refractivity (Wildman–Crippen MR) is 99.6 cm³/mol. The van der Waals surface area contributed by atoms with Crippen molar-refractivity contribution in [2.75, 3.05) is 19.0 Å². The maximum absolute atomic E-state index is 12.2. The molecule has 6 nitrogen and oxygen atoms in total. The van der Waals surface area contributed by atoms with Gasteiger partial charge in [0.1, 0.15) is 0 Å². The van der Waals surface area contributed by atoms with Crippen LogP contribution in [0.1, 0.15) is 42.3 Å². The Labute approximate surface area is 151 Å². The first kappa shape index (κ1) is 17.7. The molecule has 0 saturated heterocycles. The maximum atomic E-state index is 12.2. The lowest BCUT2D eigenvalue weighted by Crippen LogP contribution is -2.21. The Balaban J connectivity index is 2.02. The molecule has 0 unspecified atom stereocenters. The normalized spacial score (nSPS) is 19.8. The third kappa shape index (κ3) is 3.46. The van der Waals surface area contributed by atoms with Crippen LogP contribution in [0, 0.1) is 6.92 Å². The number of hydrogen-bond donors (Lipinski definition) is 2. The van der Waals surface area contributed by atoms with Crippen molar-refractivity contribution in [2.24, 2.45) is 0 Å². The van der Waals surface area contributed by atoms with Crippen molar-refractivity contribution in [2.45, 2.75) is 37.7 Å². The quantitative estimate of drug-likeness (QED) is 0.850. The lowest BCUT2D eigenvalue weighted by molar-refractivity contribution is -0.115. The molecule has 0 bridgehead atoms. The second-order valence-electron chi connectivity index (χ2n) is 6.02. The highest BCUT2D eigenvalue weighted by Crippen LogP contribution is 2.46. The van der Waals surface area contributed by atoms with E-state index in [-0.39, 0.29) is 16.4 Å². The van der Waals surface area contributed by atoms with Gasteiger partial charge in [-0.1, -0.05) is 13.0 Å². The molecule has 0 aliphatic carbocycles. The van der Waals surface area contributed by atoms with E-state index in [4.69, 9.17) is 9.47 Å². The summed E-state index contributed by atoms with van der Waals surface area (Å²) in [4.78, 5) is 12.2. The van der Waals surface area contributed by atoms with Crippen molar-refractivity contribution in [1.82, 2.24) is 10.2 Å². The Hall–Kier alpha value is -2.15. The summed E-state index contributed by atoms with van der Waals surface area (Å²) >= 11 is 1.60. The van der Waals surface area contributed by atoms with Gasteiger partial charge < -0.3 is 14.8 Å². The molecule has 1 aliphatic heterocycles. The zero-order valence-electron chi connectivity index (χ0n) is 14.9. The van der Waals surface area contributed by atoms with Gasteiger partial charge in [-0.3, -0.25) is 9.89 Å². The Morgan fingerprint density at radius 1 is 1.32 bits per heavy atom. The van der Waals surface area contributed by atoms with E-state index < -0.39 is 0 Å². The highest BCUT2D eigenvalue weighted by atomic mass is 32.2. The monoisotopic (exact) mass is 361 g/mol. The van der Waals surface area contributed by atoms with Crippen LogP contribution in [0.5, 0.6) is 11.5 Å². The molecule has 0 saturated carbocycles. The maximum Gasteiger partial charge on any atom is 0.238 e. The van der Waals surface area contributed by atoms with Gasteiger partial charge in [-0.25, -0.2) is 0 Å². The minimum absolute atomic E-state index is 0.0168. The molecule has 25 heavy (non-hydrogen) atoms. The topological polar surface area (TPSA) is 76.2 Å². The number of carbonyl (C=O) groups excluding carboxylic acids is 1. The van der Waals surface area contributed by atoms with Crippen LogP contribution < -0.4 is 14.8 Å². The van der Waals surface area contributed by atoms with Crippen molar-refractivity contribution in [3.63, 3.8) is 0 Å². The first-order valence-corrected chi connectivity index (χ1v) is 9.31. The average Bonchev–Trinajstić information content (AvgIpc) is 2.91. The van der Waals surface area contributed by atoms with E-state index in [1.807, 2.05) is 32.0 Å². The summed E-state index contributed by atoms with van der Waals surface area (Å²) in [6.07, 6.45) is 0.937. The number of benzene rings is 1. The molecule has 2 atom stereocenters. The van der Waals surface area contributed by atoms with Crippen molar-refractivity contribution in [3.8, 4) is 11.5 Å². The van der Waals surface area contributed by atoms with Crippen LogP contribution in [-0.2, 0) is 4.79 Å². The first-order chi connectivity index (χ1) is 12.0. The molecule has 0 fully saturated rings. The molecule has 1 aliphatic rings. The van der Waals surface area contributed by atoms with Gasteiger partial charge >= 0.3 is 0 Å². The Bertz CT molecular complexity index is 775. The molecule has 2 aromatic rings. The fourth-order valence-corrected chi connectivity index (χ4v) is 4.15. The summed E-state index contributed by atoms with van der Waals surface area (Å²) in [6, 6.07) is 5.95. The smallest absolute Gasteiger partial charge is 0.238 e. The summed E-state index contributed by atoms with van der Waals surface area (Å²) in [5, 5.41) is 9.93. The first-order valence-electron chi connectivity index (χ1n) is 8.37. The minimum atomic E-state index is -0.180. The van der Waals surface area contributed by atoms with Gasteiger partial charge in [0.15, 0.2) is 17.3 Å². The van der Waals surface area contributed by atoms with E-state index in [0.29, 0.717) is 18.2 Å². The number of thioether (sulfide) groups is 1. The van der Waals surface area contributed by atoms with Gasteiger partial charge in [-0.2, -0.15) is 5.10 Å². The van der Waals surface area contributed by atoms with Crippen molar-refractivity contribution in [1.29, 1.82) is 0 Å². The number of aromatic nitrogens is 2. The number of hydrogen-bond acceptors (Lipinski definition) is 5. The molecule has 1 aromatic carbocycles. The number of anilines is 1. The number of amides is 1. The second kappa shape index (κ2) is 7.39. The van der Waals surface area contributed by atoms with E-state index in [0.717, 1.165) is 29.0 Å². The summed E-state index contributed by atoms with van der Waals surface area (Å²) < 4.78 is 11.3. The van der Waals surface area contributed by atoms with Crippen LogP contribution in [0.4, 0.5) is 5.82 Å². The number of rotatable bonds is 5. The van der Waals surface area contributed by atoms with Gasteiger partial charge in [0.25, 0.3) is 0 Å². The lowest BCUT2D eigenvalue weighted by Gasteiger charge is -2.19. The summed E-state index contributed by atoms with van der Waals surface area (Å²) in [7, 11) is 1.64. The number of nitrogens with zero attached hydrogens (tertiary/aromatic N) is 1. The number of H-pyrrole nitrogens is 1. The summed E-state index contributed by atoms with van der Waals surface area (Å²) in [5.74, 6) is 2.01. The molecule has 2 heterocycles. The van der Waals surface area contributed by atoms with Crippen LogP contribution in [0.2, 0.25) is 0 Å². The Morgan fingerprint density at radius 2 is 2.12 bits per heavy atom. The average molecular weight is 361 g/mol. The Morgan fingerprint density at radius 3 is 2.84 bits per heavy atom. The van der Waals surface area contributed by atoms with Crippen LogP contribution in [-0.4, -0.2) is 35.1 Å². The van der Waals surface area contributed by atoms with Gasteiger partial charge in [0.05, 0.1) is 24.2 Å². The summed E-state index contributed by atoms with van der Waals surface area (Å²) in [6.45, 7) is 6.59. The van der Waals surface area contributed by atoms with E-state index >= 15 is 0 Å². The fraction of sp³-hybridized carbons (Fsp3) is 0.444. The van der Waals surface area contributed by atoms with E-state index in [9.17, 15) is 4.79 Å². The molecule has 134 valence electrons. The molecule has 1 amide bonds. The predicted octanol–water partition coefficient (Wildman–Crippen LogP) is 3.68. The van der Waals surface area contributed by atoms with Gasteiger partial charge in [0.2, 0.25) is 5.91 Å². The minimum Gasteiger partial charge on any atom is -0.493 e. The van der Waals surface area contributed by atoms with Gasteiger partial charge in [-0.05, 0) is 38.0 Å². The zero-order chi connectivity index (χ0) is 18.0. The molecule has 7 heteroatoms. The van der Waals surface area contributed by atoms with Gasteiger partial charge in [-0.15, -0.1) is 11.8 Å². The second-order valence-corrected chi connectivity index (χ2v) is 7.47. The highest BCUT2D eigenvalue weighted by Gasteiger charge is 2.32. The van der Waals surface area contributed by atoms with Crippen LogP contribution in [0.25, 0.3) is 0 Å². The molecule has 1 aromatic heterocycles. The number of aromatic amines is 1. The third-order valence-electron chi connectivity index (χ3n) is 4.16. The molecular formula is C18H23N3O3S. The molecular weight excluding hydrogens is 338 g/mol. The summed E-state index contributed by atoms with van der Waals surface area (Å²) in [5.41, 5.74) is 3.01. The molecule has 0 radical (unpaired) electrons. The van der Waals surface area contributed by atoms with Crippen molar-refractivity contribution in [3.05, 3.63) is 35.0 Å². The van der Waals surface area contributed by atoms with Crippen LogP contribution in [0.15, 0.2) is 18.2 Å². The number of nitrogens with one attached hydrogen (secondary N) is 2. The number of aryl methyl sites for hydroxylation is 1. The SMILES string of the molecule is CCCOc1ccc([C@H]2S[C@@H](C)C(=O)Nc3n[nH]c(C)c32)cc1OC. The standard InChI is InChI=1S/C18H23N3O3S/c1-5-8-24-13-7-6-12(9-14(13)23-4)16-15-10(2)20-21-17(15)19-18(22)11(3)25-16/h6-7,9,11,16H,5,8H2,1-4H3,(H2,19,20,21,22)/t11-,16+/m0/s1. The van der Waals surface area contributed by atoms with Gasteiger partial charge in [0, 0.05) is 11.3 Å². The largest absolute Gasteiger partial charge is 0.493 e. The van der Waals surface area contributed by atoms with Crippen molar-refractivity contribution < 1.29 is 14.3 Å². The lowest BCUT2D eigenvalue weighted by atomic mass is 10.0. The number of methoxy groups -OCH3 is 1. The van der Waals surface area contributed by atoms with Crippen LogP contribution >= 0.6 is 11.8 Å². The van der Waals surface area contributed by atoms with E-state index in [1.165, 1.54) is 0 Å². The molecule has 2 N–H and O–H groups in total. The Kier molecular flexibility index (Phi) is 5.22. The number of ether oxygens (including phenoxy) is 2. The van der Waals surface area contributed by atoms with E-state index in [1.54, 1.807) is 18.9 Å². The third-order valence-corrected chi connectivity index (χ3v) is 5.56.